The molecule has 1 saturated carbocycles. The lowest BCUT2D eigenvalue weighted by Gasteiger charge is -2.22. The lowest BCUT2D eigenvalue weighted by Crippen LogP contribution is -2.32. The summed E-state index contributed by atoms with van der Waals surface area (Å²) in [5, 5.41) is 4.37. The van der Waals surface area contributed by atoms with Gasteiger partial charge in [-0.15, -0.1) is 11.3 Å². The van der Waals surface area contributed by atoms with Gasteiger partial charge in [0, 0.05) is 16.5 Å². The number of thiophene rings is 1. The summed E-state index contributed by atoms with van der Waals surface area (Å²) in [7, 11) is 0. The first-order valence-corrected chi connectivity index (χ1v) is 8.51. The van der Waals surface area contributed by atoms with Gasteiger partial charge in [-0.2, -0.15) is 0 Å². The van der Waals surface area contributed by atoms with Crippen LogP contribution in [0.4, 0.5) is 0 Å². The van der Waals surface area contributed by atoms with Gasteiger partial charge in [-0.3, -0.25) is 4.79 Å². The molecule has 1 fully saturated rings. The zero-order valence-electron chi connectivity index (χ0n) is 12.2. The predicted octanol–water partition coefficient (Wildman–Crippen LogP) is 4.71. The fourth-order valence-corrected chi connectivity index (χ4v) is 3.51. The molecular formula is C19H17NOS. The van der Waals surface area contributed by atoms with Crippen molar-refractivity contribution in [2.24, 2.45) is 0 Å². The molecule has 0 aliphatic heterocycles. The molecule has 0 atom stereocenters. The predicted molar refractivity (Wildman–Crippen MR) is 91.2 cm³/mol. The SMILES string of the molecule is O=C(c1ccc2ccccc2c1)N(Cc1cccs1)C1CC1. The van der Waals surface area contributed by atoms with Crippen molar-refractivity contribution >= 4 is 28.0 Å². The van der Waals surface area contributed by atoms with E-state index < -0.39 is 0 Å². The van der Waals surface area contributed by atoms with Crippen molar-refractivity contribution in [2.45, 2.75) is 25.4 Å². The lowest BCUT2D eigenvalue weighted by atomic mass is 10.1. The van der Waals surface area contributed by atoms with E-state index in [0.717, 1.165) is 30.3 Å². The number of fused-ring (bicyclic) bond motifs is 1. The number of rotatable bonds is 4. The largest absolute Gasteiger partial charge is 0.331 e. The number of amides is 1. The normalized spacial score (nSPS) is 14.2. The van der Waals surface area contributed by atoms with Gasteiger partial charge in [0.1, 0.15) is 0 Å². The van der Waals surface area contributed by atoms with E-state index in [1.165, 1.54) is 10.3 Å². The second kappa shape index (κ2) is 5.58. The van der Waals surface area contributed by atoms with Crippen molar-refractivity contribution in [2.75, 3.05) is 0 Å². The first-order chi connectivity index (χ1) is 10.8. The number of hydrogen-bond acceptors (Lipinski definition) is 2. The van der Waals surface area contributed by atoms with Gasteiger partial charge in [0.05, 0.1) is 6.54 Å². The van der Waals surface area contributed by atoms with Gasteiger partial charge < -0.3 is 4.90 Å². The lowest BCUT2D eigenvalue weighted by molar-refractivity contribution is 0.0732. The number of carbonyl (C=O) groups excluding carboxylic acids is 1. The van der Waals surface area contributed by atoms with Crippen LogP contribution in [0, 0.1) is 0 Å². The Kier molecular flexibility index (Phi) is 3.43. The fraction of sp³-hybridized carbons (Fsp3) is 0.211. The summed E-state index contributed by atoms with van der Waals surface area (Å²) in [5.41, 5.74) is 0.794. The fourth-order valence-electron chi connectivity index (χ4n) is 2.81. The molecule has 110 valence electrons. The summed E-state index contributed by atoms with van der Waals surface area (Å²) < 4.78 is 0. The van der Waals surface area contributed by atoms with E-state index in [9.17, 15) is 4.79 Å². The Morgan fingerprint density at radius 2 is 1.86 bits per heavy atom. The van der Waals surface area contributed by atoms with Crippen LogP contribution in [-0.2, 0) is 6.54 Å². The Morgan fingerprint density at radius 1 is 1.05 bits per heavy atom. The molecule has 2 aromatic carbocycles. The Morgan fingerprint density at radius 3 is 2.59 bits per heavy atom. The third kappa shape index (κ3) is 2.64. The summed E-state index contributed by atoms with van der Waals surface area (Å²) >= 11 is 1.72. The minimum Gasteiger partial charge on any atom is -0.331 e. The first-order valence-electron chi connectivity index (χ1n) is 7.63. The Balaban J connectivity index is 1.64. The molecule has 3 heteroatoms. The molecule has 0 bridgehead atoms. The molecule has 1 heterocycles. The molecule has 1 amide bonds. The molecule has 0 unspecified atom stereocenters. The highest BCUT2D eigenvalue weighted by Crippen LogP contribution is 2.31. The van der Waals surface area contributed by atoms with Crippen LogP contribution in [0.3, 0.4) is 0 Å². The van der Waals surface area contributed by atoms with Gasteiger partial charge in [-0.25, -0.2) is 0 Å². The average Bonchev–Trinajstić information content (AvgIpc) is 3.27. The van der Waals surface area contributed by atoms with Crippen molar-refractivity contribution in [3.8, 4) is 0 Å². The molecule has 0 spiro atoms. The maximum Gasteiger partial charge on any atom is 0.254 e. The van der Waals surface area contributed by atoms with Crippen LogP contribution >= 0.6 is 11.3 Å². The molecule has 22 heavy (non-hydrogen) atoms. The summed E-state index contributed by atoms with van der Waals surface area (Å²) in [6.45, 7) is 0.730. The van der Waals surface area contributed by atoms with E-state index in [1.807, 2.05) is 41.3 Å². The molecular weight excluding hydrogens is 290 g/mol. The van der Waals surface area contributed by atoms with Crippen molar-refractivity contribution in [3.05, 3.63) is 70.4 Å². The van der Waals surface area contributed by atoms with Crippen LogP contribution in [0.1, 0.15) is 28.1 Å². The summed E-state index contributed by atoms with van der Waals surface area (Å²) in [6, 6.07) is 18.8. The van der Waals surface area contributed by atoms with E-state index >= 15 is 0 Å². The van der Waals surface area contributed by atoms with E-state index in [-0.39, 0.29) is 5.91 Å². The van der Waals surface area contributed by atoms with Crippen LogP contribution in [0.15, 0.2) is 60.0 Å². The van der Waals surface area contributed by atoms with Gasteiger partial charge in [-0.1, -0.05) is 36.4 Å². The molecule has 2 nitrogen and oxygen atoms in total. The van der Waals surface area contributed by atoms with Crippen molar-refractivity contribution < 1.29 is 4.79 Å². The molecule has 0 radical (unpaired) electrons. The Hall–Kier alpha value is -2.13. The monoisotopic (exact) mass is 307 g/mol. The van der Waals surface area contributed by atoms with Crippen LogP contribution in [0.5, 0.6) is 0 Å². The van der Waals surface area contributed by atoms with Crippen molar-refractivity contribution in [1.82, 2.24) is 4.90 Å². The number of benzene rings is 2. The standard InChI is InChI=1S/C19H17NOS/c21-19(16-8-7-14-4-1-2-5-15(14)12-16)20(17-9-10-17)13-18-6-3-11-22-18/h1-8,11-12,17H,9-10,13H2. The smallest absolute Gasteiger partial charge is 0.254 e. The summed E-state index contributed by atoms with van der Waals surface area (Å²) in [4.78, 5) is 16.2. The topological polar surface area (TPSA) is 20.3 Å². The summed E-state index contributed by atoms with van der Waals surface area (Å²) in [5.74, 6) is 0.154. The van der Waals surface area contributed by atoms with Gasteiger partial charge in [0.25, 0.3) is 5.91 Å². The van der Waals surface area contributed by atoms with Crippen molar-refractivity contribution in [1.29, 1.82) is 0 Å². The quantitative estimate of drug-likeness (QED) is 0.684. The number of nitrogens with zero attached hydrogens (tertiary/aromatic N) is 1. The summed E-state index contributed by atoms with van der Waals surface area (Å²) in [6.07, 6.45) is 2.26. The second-order valence-corrected chi connectivity index (χ2v) is 6.84. The average molecular weight is 307 g/mol. The number of carbonyl (C=O) groups is 1. The van der Waals surface area contributed by atoms with Crippen LogP contribution in [0.25, 0.3) is 10.8 Å². The van der Waals surface area contributed by atoms with Gasteiger partial charge in [-0.05, 0) is 47.2 Å². The van der Waals surface area contributed by atoms with E-state index in [2.05, 4.69) is 23.6 Å². The molecule has 1 aliphatic carbocycles. The highest BCUT2D eigenvalue weighted by Gasteiger charge is 2.33. The van der Waals surface area contributed by atoms with Gasteiger partial charge >= 0.3 is 0 Å². The zero-order valence-corrected chi connectivity index (χ0v) is 13.1. The van der Waals surface area contributed by atoms with Crippen LogP contribution < -0.4 is 0 Å². The molecule has 3 aromatic rings. The third-order valence-electron chi connectivity index (χ3n) is 4.15. The minimum atomic E-state index is 0.154. The maximum atomic E-state index is 12.9. The first kappa shape index (κ1) is 13.5. The molecule has 4 rings (SSSR count). The van der Waals surface area contributed by atoms with E-state index in [0.29, 0.717) is 6.04 Å². The van der Waals surface area contributed by atoms with E-state index in [1.54, 1.807) is 11.3 Å². The van der Waals surface area contributed by atoms with Gasteiger partial charge in [0.15, 0.2) is 0 Å². The Labute approximate surface area is 134 Å². The van der Waals surface area contributed by atoms with Gasteiger partial charge in [0.2, 0.25) is 0 Å². The Bertz CT molecular complexity index is 805. The van der Waals surface area contributed by atoms with Crippen LogP contribution in [0.2, 0.25) is 0 Å². The molecule has 1 aliphatic rings. The molecule has 1 aromatic heterocycles. The highest BCUT2D eigenvalue weighted by molar-refractivity contribution is 7.09. The molecule has 0 N–H and O–H groups in total. The number of hydrogen-bond donors (Lipinski definition) is 0. The maximum absolute atomic E-state index is 12.9. The second-order valence-electron chi connectivity index (χ2n) is 5.81. The molecule has 0 saturated heterocycles. The van der Waals surface area contributed by atoms with Crippen LogP contribution in [-0.4, -0.2) is 16.8 Å². The third-order valence-corrected chi connectivity index (χ3v) is 5.01. The van der Waals surface area contributed by atoms with E-state index in [4.69, 9.17) is 0 Å². The zero-order chi connectivity index (χ0) is 14.9. The highest BCUT2D eigenvalue weighted by atomic mass is 32.1. The van der Waals surface area contributed by atoms with Crippen molar-refractivity contribution in [3.63, 3.8) is 0 Å². The minimum absolute atomic E-state index is 0.154.